The Balaban J connectivity index is 1.84. The van der Waals surface area contributed by atoms with Crippen LogP contribution in [0, 0.1) is 5.82 Å². The zero-order chi connectivity index (χ0) is 20.5. The van der Waals surface area contributed by atoms with Crippen LogP contribution >= 0.6 is 11.6 Å². The first-order chi connectivity index (χ1) is 13.2. The summed E-state index contributed by atoms with van der Waals surface area (Å²) < 4.78 is 40.5. The van der Waals surface area contributed by atoms with Gasteiger partial charge in [-0.25, -0.2) is 13.8 Å². The fourth-order valence-electron chi connectivity index (χ4n) is 3.42. The van der Waals surface area contributed by atoms with E-state index in [1.165, 1.54) is 24.3 Å². The molecule has 3 atom stereocenters. The lowest BCUT2D eigenvalue weighted by Gasteiger charge is -2.34. The Kier molecular flexibility index (Phi) is 6.12. The molecular formula is C19H19ClF2N2O3S. The van der Waals surface area contributed by atoms with Crippen LogP contribution in [0.2, 0.25) is 5.02 Å². The first-order valence-electron chi connectivity index (χ1n) is 8.62. The zero-order valence-electron chi connectivity index (χ0n) is 15.0. The SMILES string of the molecule is C[S+]([O-])C[C@H]1CC[C@@](F)(C(=O)NCc2ccc(F)cc2Cl)c2ccc(O)nc21. The highest BCUT2D eigenvalue weighted by Crippen LogP contribution is 2.44. The van der Waals surface area contributed by atoms with Crippen molar-refractivity contribution in [1.82, 2.24) is 10.3 Å². The Morgan fingerprint density at radius 3 is 2.89 bits per heavy atom. The van der Waals surface area contributed by atoms with Crippen molar-refractivity contribution in [2.75, 3.05) is 12.0 Å². The van der Waals surface area contributed by atoms with E-state index >= 15 is 4.39 Å². The topological polar surface area (TPSA) is 85.3 Å². The number of nitrogens with one attached hydrogen (secondary N) is 1. The Morgan fingerprint density at radius 1 is 1.46 bits per heavy atom. The van der Waals surface area contributed by atoms with E-state index in [0.29, 0.717) is 5.56 Å². The average Bonchev–Trinajstić information content (AvgIpc) is 2.63. The molecule has 0 radical (unpaired) electrons. The molecule has 0 spiro atoms. The van der Waals surface area contributed by atoms with Crippen LogP contribution in [0.5, 0.6) is 5.88 Å². The second-order valence-electron chi connectivity index (χ2n) is 6.80. The Labute approximate surface area is 169 Å². The molecule has 1 unspecified atom stereocenters. The van der Waals surface area contributed by atoms with Crippen LogP contribution < -0.4 is 5.32 Å². The second kappa shape index (κ2) is 8.23. The van der Waals surface area contributed by atoms with Crippen LogP contribution in [0.1, 0.15) is 35.6 Å². The van der Waals surface area contributed by atoms with Crippen molar-refractivity contribution in [3.05, 3.63) is 58.0 Å². The minimum absolute atomic E-state index is 0.0626. The van der Waals surface area contributed by atoms with E-state index in [1.54, 1.807) is 6.26 Å². The lowest BCUT2D eigenvalue weighted by molar-refractivity contribution is -0.135. The molecule has 0 saturated heterocycles. The molecule has 2 aromatic rings. The number of hydrogen-bond acceptors (Lipinski definition) is 4. The molecule has 0 bridgehead atoms. The third kappa shape index (κ3) is 4.24. The van der Waals surface area contributed by atoms with E-state index < -0.39 is 28.6 Å². The van der Waals surface area contributed by atoms with E-state index in [4.69, 9.17) is 11.6 Å². The minimum Gasteiger partial charge on any atom is -0.617 e. The van der Waals surface area contributed by atoms with Crippen molar-refractivity contribution < 1.29 is 23.2 Å². The van der Waals surface area contributed by atoms with Crippen LogP contribution in [-0.2, 0) is 28.2 Å². The van der Waals surface area contributed by atoms with Crippen molar-refractivity contribution in [1.29, 1.82) is 0 Å². The van der Waals surface area contributed by atoms with Gasteiger partial charge in [-0.1, -0.05) is 28.8 Å². The van der Waals surface area contributed by atoms with E-state index in [0.717, 1.165) is 6.07 Å². The summed E-state index contributed by atoms with van der Waals surface area (Å²) in [5.41, 5.74) is -1.57. The van der Waals surface area contributed by atoms with Gasteiger partial charge in [-0.15, -0.1) is 0 Å². The summed E-state index contributed by atoms with van der Waals surface area (Å²) >= 11 is 4.81. The van der Waals surface area contributed by atoms with Crippen molar-refractivity contribution in [3.8, 4) is 5.88 Å². The fraction of sp³-hybridized carbons (Fsp3) is 0.368. The predicted octanol–water partition coefficient (Wildman–Crippen LogP) is 3.32. The molecule has 1 amide bonds. The quantitative estimate of drug-likeness (QED) is 0.715. The number of carbonyl (C=O) groups excluding carboxylic acids is 1. The van der Waals surface area contributed by atoms with Crippen LogP contribution in [0.4, 0.5) is 8.78 Å². The van der Waals surface area contributed by atoms with Gasteiger partial charge in [0.25, 0.3) is 5.91 Å². The standard InChI is InChI=1S/C19H19ClF2N2O3S/c1-28(27)10-12-6-7-19(22,14-4-5-16(25)24-17(12)14)18(26)23-9-11-2-3-13(21)8-15(11)20/h2-5,8,12H,6-7,9-10H2,1H3,(H,23,26)(H,24,25)/t12-,19+,28?/m1/s1. The number of halogens is 3. The van der Waals surface area contributed by atoms with Crippen LogP contribution in [0.15, 0.2) is 30.3 Å². The minimum atomic E-state index is -2.34. The van der Waals surface area contributed by atoms with E-state index in [1.807, 2.05) is 0 Å². The molecular weight excluding hydrogens is 410 g/mol. The molecule has 1 aromatic heterocycles. The van der Waals surface area contributed by atoms with Gasteiger partial charge in [0, 0.05) is 29.1 Å². The molecule has 5 nitrogen and oxygen atoms in total. The van der Waals surface area contributed by atoms with Crippen LogP contribution in [0.3, 0.4) is 0 Å². The summed E-state index contributed by atoms with van der Waals surface area (Å²) in [5.74, 6) is -1.69. The number of aromatic nitrogens is 1. The van der Waals surface area contributed by atoms with Crippen molar-refractivity contribution >= 4 is 28.7 Å². The summed E-state index contributed by atoms with van der Waals surface area (Å²) in [7, 11) is 0. The Bertz CT molecular complexity index is 899. The monoisotopic (exact) mass is 428 g/mol. The molecule has 9 heteroatoms. The molecule has 2 N–H and O–H groups in total. The first-order valence-corrected chi connectivity index (χ1v) is 10.7. The number of carbonyl (C=O) groups is 1. The smallest absolute Gasteiger partial charge is 0.262 e. The van der Waals surface area contributed by atoms with Gasteiger partial charge in [-0.3, -0.25) is 4.79 Å². The average molecular weight is 429 g/mol. The second-order valence-corrected chi connectivity index (χ2v) is 8.68. The number of rotatable bonds is 5. The maximum atomic E-state index is 15.8. The molecule has 1 aliphatic rings. The zero-order valence-corrected chi connectivity index (χ0v) is 16.6. The Morgan fingerprint density at radius 2 is 2.21 bits per heavy atom. The molecule has 3 rings (SSSR count). The molecule has 0 saturated carbocycles. The number of hydrogen-bond donors (Lipinski definition) is 2. The number of pyridine rings is 1. The molecule has 0 aliphatic heterocycles. The fourth-order valence-corrected chi connectivity index (χ4v) is 4.54. The number of alkyl halides is 1. The number of aromatic hydroxyl groups is 1. The highest BCUT2D eigenvalue weighted by atomic mass is 35.5. The molecule has 1 aliphatic carbocycles. The van der Waals surface area contributed by atoms with Crippen molar-refractivity contribution in [2.24, 2.45) is 0 Å². The molecule has 28 heavy (non-hydrogen) atoms. The number of amides is 1. The van der Waals surface area contributed by atoms with Crippen molar-refractivity contribution in [2.45, 2.75) is 31.0 Å². The number of fused-ring (bicyclic) bond motifs is 1. The highest BCUT2D eigenvalue weighted by Gasteiger charge is 2.47. The molecule has 1 aromatic carbocycles. The maximum Gasteiger partial charge on any atom is 0.262 e. The molecule has 0 fully saturated rings. The number of nitrogens with zero attached hydrogens (tertiary/aromatic N) is 1. The van der Waals surface area contributed by atoms with Crippen LogP contribution in [0.25, 0.3) is 0 Å². The maximum absolute atomic E-state index is 15.8. The van der Waals surface area contributed by atoms with Gasteiger partial charge in [0.1, 0.15) is 11.6 Å². The lowest BCUT2D eigenvalue weighted by Crippen LogP contribution is -2.44. The van der Waals surface area contributed by atoms with E-state index in [-0.39, 0.29) is 53.2 Å². The number of benzene rings is 1. The summed E-state index contributed by atoms with van der Waals surface area (Å²) in [4.78, 5) is 16.7. The predicted molar refractivity (Wildman–Crippen MR) is 103 cm³/mol. The van der Waals surface area contributed by atoms with Gasteiger partial charge in [0.2, 0.25) is 11.5 Å². The molecule has 1 heterocycles. The largest absolute Gasteiger partial charge is 0.617 e. The van der Waals surface area contributed by atoms with E-state index in [2.05, 4.69) is 10.3 Å². The summed E-state index contributed by atoms with van der Waals surface area (Å²) in [6, 6.07) is 6.31. The highest BCUT2D eigenvalue weighted by molar-refractivity contribution is 7.90. The van der Waals surface area contributed by atoms with Gasteiger partial charge in [0.15, 0.2) is 0 Å². The van der Waals surface area contributed by atoms with Gasteiger partial charge in [0.05, 0.1) is 11.9 Å². The van der Waals surface area contributed by atoms with Gasteiger partial charge in [-0.2, -0.15) is 0 Å². The lowest BCUT2D eigenvalue weighted by atomic mass is 9.77. The van der Waals surface area contributed by atoms with Crippen LogP contribution in [-0.4, -0.2) is 32.6 Å². The third-order valence-electron chi connectivity index (χ3n) is 4.81. The van der Waals surface area contributed by atoms with Crippen molar-refractivity contribution in [3.63, 3.8) is 0 Å². The summed E-state index contributed by atoms with van der Waals surface area (Å²) in [6.07, 6.45) is 1.71. The van der Waals surface area contributed by atoms with Gasteiger partial charge < -0.3 is 15.0 Å². The van der Waals surface area contributed by atoms with Gasteiger partial charge >= 0.3 is 0 Å². The van der Waals surface area contributed by atoms with E-state index in [9.17, 15) is 18.8 Å². The summed E-state index contributed by atoms with van der Waals surface area (Å²) in [6.45, 7) is -0.0626. The molecule has 150 valence electrons. The van der Waals surface area contributed by atoms with Gasteiger partial charge in [-0.05, 0) is 36.6 Å². The summed E-state index contributed by atoms with van der Waals surface area (Å²) in [5, 5.41) is 12.3. The third-order valence-corrected chi connectivity index (χ3v) is 6.03. The first kappa shape index (κ1) is 20.8. The normalized spacial score (nSPS) is 22.4. The Hall–Kier alpha value is -1.90.